The Labute approximate surface area is 129 Å². The number of aromatic carboxylic acids is 1. The molecule has 22 heavy (non-hydrogen) atoms. The van der Waals surface area contributed by atoms with Crippen LogP contribution in [-0.2, 0) is 0 Å². The van der Waals surface area contributed by atoms with E-state index in [2.05, 4.69) is 10.3 Å². The zero-order chi connectivity index (χ0) is 16.1. The highest BCUT2D eigenvalue weighted by Gasteiger charge is 2.13. The standard InChI is InChI=1S/C17H18N2O3/c1-3-15(20)13-8-9-14(19-16(13)18-4-2)11-6-5-7-12(10-11)17(21)22/h5-10H,3-4H2,1-2H3,(H,18,19)(H,21,22). The number of carbonyl (C=O) groups is 2. The van der Waals surface area contributed by atoms with Gasteiger partial charge in [-0.05, 0) is 31.2 Å². The van der Waals surface area contributed by atoms with E-state index in [0.29, 0.717) is 35.6 Å². The molecule has 5 nitrogen and oxygen atoms in total. The Morgan fingerprint density at radius 2 is 1.95 bits per heavy atom. The summed E-state index contributed by atoms with van der Waals surface area (Å²) in [5.74, 6) is -0.423. The number of nitrogens with zero attached hydrogens (tertiary/aromatic N) is 1. The maximum Gasteiger partial charge on any atom is 0.335 e. The van der Waals surface area contributed by atoms with Gasteiger partial charge in [0.25, 0.3) is 0 Å². The molecule has 0 saturated carbocycles. The number of benzene rings is 1. The Kier molecular flexibility index (Phi) is 4.88. The quantitative estimate of drug-likeness (QED) is 0.798. The highest BCUT2D eigenvalue weighted by molar-refractivity contribution is 6.00. The summed E-state index contributed by atoms with van der Waals surface area (Å²) in [5.41, 5.74) is 2.10. The van der Waals surface area contributed by atoms with Crippen LogP contribution in [0.15, 0.2) is 36.4 Å². The molecule has 1 aromatic heterocycles. The summed E-state index contributed by atoms with van der Waals surface area (Å²) < 4.78 is 0. The lowest BCUT2D eigenvalue weighted by molar-refractivity contribution is 0.0696. The van der Waals surface area contributed by atoms with Crippen LogP contribution in [0.5, 0.6) is 0 Å². The van der Waals surface area contributed by atoms with Crippen LogP contribution in [-0.4, -0.2) is 28.4 Å². The lowest BCUT2D eigenvalue weighted by Gasteiger charge is -2.11. The molecule has 0 spiro atoms. The minimum Gasteiger partial charge on any atom is -0.478 e. The van der Waals surface area contributed by atoms with E-state index in [0.717, 1.165) is 0 Å². The normalized spacial score (nSPS) is 10.3. The number of pyridine rings is 1. The van der Waals surface area contributed by atoms with Crippen molar-refractivity contribution in [3.8, 4) is 11.3 Å². The van der Waals surface area contributed by atoms with Crippen molar-refractivity contribution in [2.45, 2.75) is 20.3 Å². The van der Waals surface area contributed by atoms with Gasteiger partial charge >= 0.3 is 5.97 Å². The van der Waals surface area contributed by atoms with Crippen LogP contribution in [0.3, 0.4) is 0 Å². The summed E-state index contributed by atoms with van der Waals surface area (Å²) in [5, 5.41) is 12.2. The van der Waals surface area contributed by atoms with E-state index in [1.807, 2.05) is 13.8 Å². The van der Waals surface area contributed by atoms with E-state index in [-0.39, 0.29) is 11.3 Å². The second-order valence-corrected chi connectivity index (χ2v) is 4.79. The Bertz CT molecular complexity index is 711. The molecule has 2 rings (SSSR count). The first-order valence-corrected chi connectivity index (χ1v) is 7.18. The number of rotatable bonds is 6. The number of hydrogen-bond donors (Lipinski definition) is 2. The Morgan fingerprint density at radius 3 is 2.59 bits per heavy atom. The van der Waals surface area contributed by atoms with Crippen molar-refractivity contribution in [2.75, 3.05) is 11.9 Å². The van der Waals surface area contributed by atoms with Crippen molar-refractivity contribution in [3.63, 3.8) is 0 Å². The van der Waals surface area contributed by atoms with Crippen LogP contribution in [0.25, 0.3) is 11.3 Å². The third-order valence-corrected chi connectivity index (χ3v) is 3.27. The van der Waals surface area contributed by atoms with Crippen molar-refractivity contribution >= 4 is 17.6 Å². The number of nitrogens with one attached hydrogen (secondary N) is 1. The number of aromatic nitrogens is 1. The molecule has 1 heterocycles. The van der Waals surface area contributed by atoms with Crippen LogP contribution < -0.4 is 5.32 Å². The molecular formula is C17H18N2O3. The summed E-state index contributed by atoms with van der Waals surface area (Å²) in [6, 6.07) is 10.1. The Balaban J connectivity index is 2.48. The van der Waals surface area contributed by atoms with Crippen LogP contribution in [0, 0.1) is 0 Å². The first-order chi connectivity index (χ1) is 10.6. The SMILES string of the molecule is CCNc1nc(-c2cccc(C(=O)O)c2)ccc1C(=O)CC. The van der Waals surface area contributed by atoms with Gasteiger partial charge in [0.2, 0.25) is 0 Å². The average molecular weight is 298 g/mol. The minimum atomic E-state index is -0.980. The molecule has 0 aliphatic heterocycles. The topological polar surface area (TPSA) is 79.3 Å². The fourth-order valence-electron chi connectivity index (χ4n) is 2.15. The molecule has 114 valence electrons. The van der Waals surface area contributed by atoms with Gasteiger partial charge in [0.15, 0.2) is 5.78 Å². The lowest BCUT2D eigenvalue weighted by atomic mass is 10.0. The molecule has 1 aromatic carbocycles. The highest BCUT2D eigenvalue weighted by atomic mass is 16.4. The van der Waals surface area contributed by atoms with E-state index in [1.165, 1.54) is 6.07 Å². The van der Waals surface area contributed by atoms with Gasteiger partial charge in [-0.3, -0.25) is 4.79 Å². The van der Waals surface area contributed by atoms with Gasteiger partial charge in [0.05, 0.1) is 16.8 Å². The predicted molar refractivity (Wildman–Crippen MR) is 85.4 cm³/mol. The minimum absolute atomic E-state index is 0.0225. The Morgan fingerprint density at radius 1 is 1.18 bits per heavy atom. The van der Waals surface area contributed by atoms with Crippen molar-refractivity contribution in [1.29, 1.82) is 0 Å². The number of carboxylic acids is 1. The van der Waals surface area contributed by atoms with Gasteiger partial charge in [0.1, 0.15) is 5.82 Å². The highest BCUT2D eigenvalue weighted by Crippen LogP contribution is 2.23. The van der Waals surface area contributed by atoms with E-state index < -0.39 is 5.97 Å². The number of hydrogen-bond acceptors (Lipinski definition) is 4. The molecule has 0 aliphatic carbocycles. The van der Waals surface area contributed by atoms with Gasteiger partial charge in [-0.25, -0.2) is 9.78 Å². The first-order valence-electron chi connectivity index (χ1n) is 7.18. The molecule has 2 N–H and O–H groups in total. The molecule has 2 aromatic rings. The molecule has 5 heteroatoms. The van der Waals surface area contributed by atoms with Gasteiger partial charge < -0.3 is 10.4 Å². The summed E-state index contributed by atoms with van der Waals surface area (Å²) in [4.78, 5) is 27.5. The zero-order valence-corrected chi connectivity index (χ0v) is 12.6. The summed E-state index contributed by atoms with van der Waals surface area (Å²) in [7, 11) is 0. The number of Topliss-reactive ketones (excluding diaryl/α,β-unsaturated/α-hetero) is 1. The first kappa shape index (κ1) is 15.7. The lowest BCUT2D eigenvalue weighted by Crippen LogP contribution is -2.08. The second kappa shape index (κ2) is 6.85. The number of ketones is 1. The summed E-state index contributed by atoms with van der Waals surface area (Å²) in [6.45, 7) is 4.39. The molecule has 0 saturated heterocycles. The smallest absolute Gasteiger partial charge is 0.335 e. The van der Waals surface area contributed by atoms with Gasteiger partial charge in [0, 0.05) is 18.5 Å². The molecule has 0 fully saturated rings. The van der Waals surface area contributed by atoms with Gasteiger partial charge in [-0.2, -0.15) is 0 Å². The fraction of sp³-hybridized carbons (Fsp3) is 0.235. The third-order valence-electron chi connectivity index (χ3n) is 3.27. The average Bonchev–Trinajstić information content (AvgIpc) is 2.54. The number of carbonyl (C=O) groups excluding carboxylic acids is 1. The van der Waals surface area contributed by atoms with Crippen molar-refractivity contribution in [3.05, 3.63) is 47.5 Å². The maximum absolute atomic E-state index is 11.9. The van der Waals surface area contributed by atoms with E-state index in [9.17, 15) is 9.59 Å². The maximum atomic E-state index is 11.9. The van der Waals surface area contributed by atoms with Crippen LogP contribution in [0.2, 0.25) is 0 Å². The molecule has 0 bridgehead atoms. The molecule has 0 aliphatic rings. The van der Waals surface area contributed by atoms with Gasteiger partial charge in [-0.1, -0.05) is 19.1 Å². The van der Waals surface area contributed by atoms with Crippen molar-refractivity contribution in [2.24, 2.45) is 0 Å². The van der Waals surface area contributed by atoms with Gasteiger partial charge in [-0.15, -0.1) is 0 Å². The zero-order valence-electron chi connectivity index (χ0n) is 12.6. The van der Waals surface area contributed by atoms with Crippen LogP contribution in [0.4, 0.5) is 5.82 Å². The van der Waals surface area contributed by atoms with Crippen molar-refractivity contribution < 1.29 is 14.7 Å². The van der Waals surface area contributed by atoms with E-state index >= 15 is 0 Å². The number of carboxylic acid groups (broad SMARTS) is 1. The fourth-order valence-corrected chi connectivity index (χ4v) is 2.15. The third kappa shape index (κ3) is 3.31. The van der Waals surface area contributed by atoms with Crippen LogP contribution in [0.1, 0.15) is 41.0 Å². The van der Waals surface area contributed by atoms with E-state index in [1.54, 1.807) is 30.3 Å². The predicted octanol–water partition coefficient (Wildman–Crippen LogP) is 3.47. The molecule has 0 atom stereocenters. The monoisotopic (exact) mass is 298 g/mol. The molecular weight excluding hydrogens is 280 g/mol. The molecule has 0 radical (unpaired) electrons. The number of anilines is 1. The summed E-state index contributed by atoms with van der Waals surface area (Å²) >= 11 is 0. The van der Waals surface area contributed by atoms with E-state index in [4.69, 9.17) is 5.11 Å². The van der Waals surface area contributed by atoms with Crippen LogP contribution >= 0.6 is 0 Å². The Hall–Kier alpha value is -2.69. The molecule has 0 unspecified atom stereocenters. The second-order valence-electron chi connectivity index (χ2n) is 4.79. The summed E-state index contributed by atoms with van der Waals surface area (Å²) in [6.07, 6.45) is 0.411. The van der Waals surface area contributed by atoms with Crippen molar-refractivity contribution in [1.82, 2.24) is 4.98 Å². The largest absolute Gasteiger partial charge is 0.478 e. The molecule has 0 amide bonds.